The Labute approximate surface area is 173 Å². The zero-order valence-corrected chi connectivity index (χ0v) is 17.2. The Bertz CT molecular complexity index is 1040. The fourth-order valence-corrected chi connectivity index (χ4v) is 3.59. The van der Waals surface area contributed by atoms with E-state index in [2.05, 4.69) is 5.32 Å². The van der Waals surface area contributed by atoms with Crippen LogP contribution in [0.4, 0.5) is 5.69 Å². The third-order valence-corrected chi connectivity index (χ3v) is 5.39. The first-order chi connectivity index (χ1) is 13.9. The van der Waals surface area contributed by atoms with E-state index >= 15 is 0 Å². The van der Waals surface area contributed by atoms with Crippen LogP contribution < -0.4 is 5.32 Å². The van der Waals surface area contributed by atoms with Gasteiger partial charge in [0.1, 0.15) is 0 Å². The number of nitrogens with one attached hydrogen (secondary N) is 1. The zero-order valence-electron chi connectivity index (χ0n) is 16.4. The predicted octanol–water partition coefficient (Wildman–Crippen LogP) is 4.78. The first-order valence-electron chi connectivity index (χ1n) is 9.13. The lowest BCUT2D eigenvalue weighted by Crippen LogP contribution is -2.31. The molecule has 0 radical (unpaired) electrons. The van der Waals surface area contributed by atoms with Crippen molar-refractivity contribution in [3.8, 4) is 0 Å². The summed E-state index contributed by atoms with van der Waals surface area (Å²) in [6, 6.07) is 15.6. The highest BCUT2D eigenvalue weighted by atomic mass is 32.1. The summed E-state index contributed by atoms with van der Waals surface area (Å²) in [5.74, 6) is -1.40. The number of hydrogen-bond acceptors (Lipinski definition) is 5. The lowest BCUT2D eigenvalue weighted by molar-refractivity contribution is -0.123. The molecule has 0 saturated heterocycles. The predicted molar refractivity (Wildman–Crippen MR) is 114 cm³/mol. The zero-order chi connectivity index (χ0) is 21.0. The largest absolute Gasteiger partial charge is 0.449 e. The van der Waals surface area contributed by atoms with E-state index in [0.29, 0.717) is 10.6 Å². The number of carbonyl (C=O) groups is 3. The molecule has 3 aromatic rings. The number of para-hydroxylation sites is 1. The van der Waals surface area contributed by atoms with Crippen LogP contribution in [0.5, 0.6) is 0 Å². The van der Waals surface area contributed by atoms with Crippen LogP contribution in [0, 0.1) is 13.8 Å². The third kappa shape index (κ3) is 4.60. The van der Waals surface area contributed by atoms with E-state index in [4.69, 9.17) is 4.74 Å². The summed E-state index contributed by atoms with van der Waals surface area (Å²) in [5, 5.41) is 4.61. The van der Waals surface area contributed by atoms with E-state index in [1.807, 2.05) is 32.0 Å². The van der Waals surface area contributed by atoms with Crippen molar-refractivity contribution in [2.75, 3.05) is 5.32 Å². The monoisotopic (exact) mass is 407 g/mol. The van der Waals surface area contributed by atoms with Crippen LogP contribution in [0.1, 0.15) is 43.6 Å². The topological polar surface area (TPSA) is 72.5 Å². The number of ether oxygens (including phenoxy) is 1. The lowest BCUT2D eigenvalue weighted by Gasteiger charge is -2.17. The molecule has 6 heteroatoms. The number of ketones is 1. The van der Waals surface area contributed by atoms with E-state index in [9.17, 15) is 14.4 Å². The number of aryl methyl sites for hydroxylation is 2. The van der Waals surface area contributed by atoms with Crippen LogP contribution in [0.2, 0.25) is 0 Å². The number of hydrogen-bond donors (Lipinski definition) is 1. The summed E-state index contributed by atoms with van der Waals surface area (Å²) >= 11 is 1.30. The quantitative estimate of drug-likeness (QED) is 0.471. The summed E-state index contributed by atoms with van der Waals surface area (Å²) in [5.41, 5.74) is 2.93. The van der Waals surface area contributed by atoms with Gasteiger partial charge in [-0.05, 0) is 49.4 Å². The van der Waals surface area contributed by atoms with Gasteiger partial charge in [0.05, 0.1) is 10.4 Å². The molecule has 1 N–H and O–H groups in total. The van der Waals surface area contributed by atoms with Crippen molar-refractivity contribution in [2.45, 2.75) is 26.9 Å². The Morgan fingerprint density at radius 3 is 2.17 bits per heavy atom. The van der Waals surface area contributed by atoms with Gasteiger partial charge in [0.15, 0.2) is 6.10 Å². The van der Waals surface area contributed by atoms with Crippen LogP contribution in [0.25, 0.3) is 0 Å². The number of esters is 1. The molecule has 0 spiro atoms. The fraction of sp³-hybridized carbons (Fsp3) is 0.174. The van der Waals surface area contributed by atoms with E-state index in [1.54, 1.807) is 35.7 Å². The molecule has 0 fully saturated rings. The Morgan fingerprint density at radius 2 is 1.55 bits per heavy atom. The Balaban J connectivity index is 1.75. The second kappa shape index (κ2) is 8.84. The summed E-state index contributed by atoms with van der Waals surface area (Å²) in [4.78, 5) is 38.5. The van der Waals surface area contributed by atoms with Crippen LogP contribution in [-0.2, 0) is 9.53 Å². The van der Waals surface area contributed by atoms with Crippen molar-refractivity contribution >= 4 is 34.7 Å². The number of amides is 1. The molecule has 0 bridgehead atoms. The minimum Gasteiger partial charge on any atom is -0.449 e. The van der Waals surface area contributed by atoms with E-state index in [1.165, 1.54) is 24.3 Å². The first-order valence-corrected chi connectivity index (χ1v) is 10.0. The van der Waals surface area contributed by atoms with E-state index in [-0.39, 0.29) is 16.9 Å². The van der Waals surface area contributed by atoms with Gasteiger partial charge < -0.3 is 10.1 Å². The maximum absolute atomic E-state index is 12.7. The fourth-order valence-electron chi connectivity index (χ4n) is 2.91. The standard InChI is InChI=1S/C23H21NO4S/c1-14-8-6-9-15(2)20(14)24-22(26)16(3)28-23(27)18-11-5-4-10-17(18)21(25)19-12-7-13-29-19/h4-13,16H,1-3H3,(H,24,26)/t16-/m1/s1. The molecular weight excluding hydrogens is 386 g/mol. The smallest absolute Gasteiger partial charge is 0.339 e. The van der Waals surface area contributed by atoms with Gasteiger partial charge in [-0.25, -0.2) is 4.79 Å². The number of anilines is 1. The maximum atomic E-state index is 12.7. The third-order valence-electron chi connectivity index (χ3n) is 4.52. The molecule has 148 valence electrons. The molecule has 0 unspecified atom stereocenters. The molecule has 0 aliphatic heterocycles. The van der Waals surface area contributed by atoms with Gasteiger partial charge in [-0.3, -0.25) is 9.59 Å². The van der Waals surface area contributed by atoms with Crippen LogP contribution in [-0.4, -0.2) is 23.8 Å². The second-order valence-electron chi connectivity index (χ2n) is 6.66. The van der Waals surface area contributed by atoms with Gasteiger partial charge in [0.2, 0.25) is 5.78 Å². The second-order valence-corrected chi connectivity index (χ2v) is 7.60. The molecule has 1 aromatic heterocycles. The molecule has 2 aromatic carbocycles. The van der Waals surface area contributed by atoms with Crippen LogP contribution >= 0.6 is 11.3 Å². The highest BCUT2D eigenvalue weighted by Crippen LogP contribution is 2.21. The SMILES string of the molecule is Cc1cccc(C)c1NC(=O)[C@@H](C)OC(=O)c1ccccc1C(=O)c1cccs1. The average molecular weight is 407 g/mol. The number of benzene rings is 2. The maximum Gasteiger partial charge on any atom is 0.339 e. The summed E-state index contributed by atoms with van der Waals surface area (Å²) in [6.45, 7) is 5.29. The summed E-state index contributed by atoms with van der Waals surface area (Å²) in [7, 11) is 0. The van der Waals surface area contributed by atoms with Crippen molar-refractivity contribution < 1.29 is 19.1 Å². The summed E-state index contributed by atoms with van der Waals surface area (Å²) < 4.78 is 5.36. The van der Waals surface area contributed by atoms with Gasteiger partial charge in [0.25, 0.3) is 5.91 Å². The highest BCUT2D eigenvalue weighted by molar-refractivity contribution is 7.12. The highest BCUT2D eigenvalue weighted by Gasteiger charge is 2.24. The van der Waals surface area contributed by atoms with Crippen molar-refractivity contribution in [2.24, 2.45) is 0 Å². The van der Waals surface area contributed by atoms with Crippen LogP contribution in [0.15, 0.2) is 60.0 Å². The van der Waals surface area contributed by atoms with Crippen molar-refractivity contribution in [1.82, 2.24) is 0 Å². The van der Waals surface area contributed by atoms with Crippen molar-refractivity contribution in [3.05, 3.63) is 87.1 Å². The van der Waals surface area contributed by atoms with Crippen LogP contribution in [0.3, 0.4) is 0 Å². The Kier molecular flexibility index (Phi) is 6.24. The lowest BCUT2D eigenvalue weighted by atomic mass is 10.0. The molecule has 1 atom stereocenters. The van der Waals surface area contributed by atoms with Crippen molar-refractivity contribution in [3.63, 3.8) is 0 Å². The van der Waals surface area contributed by atoms with Gasteiger partial charge >= 0.3 is 5.97 Å². The number of rotatable bonds is 6. The van der Waals surface area contributed by atoms with Gasteiger partial charge in [-0.1, -0.05) is 42.5 Å². The van der Waals surface area contributed by atoms with Gasteiger partial charge in [-0.2, -0.15) is 0 Å². The van der Waals surface area contributed by atoms with Gasteiger partial charge in [-0.15, -0.1) is 11.3 Å². The number of thiophene rings is 1. The molecule has 3 rings (SSSR count). The molecule has 0 saturated carbocycles. The van der Waals surface area contributed by atoms with Crippen molar-refractivity contribution in [1.29, 1.82) is 0 Å². The molecule has 5 nitrogen and oxygen atoms in total. The van der Waals surface area contributed by atoms with Gasteiger partial charge in [0, 0.05) is 11.3 Å². The average Bonchev–Trinajstić information content (AvgIpc) is 3.25. The Hall–Kier alpha value is -3.25. The first kappa shape index (κ1) is 20.5. The Morgan fingerprint density at radius 1 is 0.897 bits per heavy atom. The molecule has 1 amide bonds. The molecule has 1 heterocycles. The molecular formula is C23H21NO4S. The number of carbonyl (C=O) groups excluding carboxylic acids is 3. The normalized spacial score (nSPS) is 11.6. The van der Waals surface area contributed by atoms with E-state index < -0.39 is 18.0 Å². The minimum atomic E-state index is -1.02. The van der Waals surface area contributed by atoms with E-state index in [0.717, 1.165) is 11.1 Å². The molecule has 29 heavy (non-hydrogen) atoms. The molecule has 0 aliphatic rings. The molecule has 0 aliphatic carbocycles. The minimum absolute atomic E-state index is 0.137. The summed E-state index contributed by atoms with van der Waals surface area (Å²) in [6.07, 6.45) is -1.02.